The highest BCUT2D eigenvalue weighted by atomic mass is 19.4. The third kappa shape index (κ3) is 5.72. The number of benzene rings is 2. The van der Waals surface area contributed by atoms with Gasteiger partial charge in [0.1, 0.15) is 0 Å². The predicted octanol–water partition coefficient (Wildman–Crippen LogP) is 5.86. The van der Waals surface area contributed by atoms with Crippen LogP contribution in [0.5, 0.6) is 5.88 Å². The number of alkyl halides is 3. The lowest BCUT2D eigenvalue weighted by atomic mass is 9.84. The van der Waals surface area contributed by atoms with Gasteiger partial charge < -0.3 is 21.1 Å². The topological polar surface area (TPSA) is 112 Å². The number of unbranched alkanes of at least 4 members (excludes halogenated alkanes) is 1. The first-order chi connectivity index (χ1) is 20.1. The Morgan fingerprint density at radius 3 is 2.60 bits per heavy atom. The van der Waals surface area contributed by atoms with E-state index in [9.17, 15) is 22.8 Å². The molecule has 1 aromatic heterocycles. The zero-order valence-electron chi connectivity index (χ0n) is 23.5. The molecular weight excluding hydrogens is 545 g/mol. The van der Waals surface area contributed by atoms with Crippen LogP contribution in [0.25, 0.3) is 11.1 Å². The molecule has 0 saturated carbocycles. The highest BCUT2D eigenvalue weighted by Crippen LogP contribution is 2.51. The minimum Gasteiger partial charge on any atom is -0.477 e. The zero-order valence-corrected chi connectivity index (χ0v) is 23.5. The van der Waals surface area contributed by atoms with Gasteiger partial charge in [-0.25, -0.2) is 4.98 Å². The maximum atomic E-state index is 14.4. The van der Waals surface area contributed by atoms with Gasteiger partial charge in [-0.05, 0) is 78.1 Å². The number of aromatic nitrogens is 1. The number of carbonyl (C=O) groups excluding carboxylic acids is 2. The number of hydrogen-bond acceptors (Lipinski definition) is 6. The number of nitrogens with zero attached hydrogens (tertiary/aromatic N) is 2. The second kappa shape index (κ2) is 12.1. The fourth-order valence-electron chi connectivity index (χ4n) is 6.17. The first-order valence-corrected chi connectivity index (χ1v) is 14.4. The number of anilines is 1. The lowest BCUT2D eigenvalue weighted by molar-refractivity contribution is -0.139. The lowest BCUT2D eigenvalue weighted by Gasteiger charge is -2.38. The summed E-state index contributed by atoms with van der Waals surface area (Å²) < 4.78 is 43.9. The quantitative estimate of drug-likeness (QED) is 0.291. The van der Waals surface area contributed by atoms with E-state index in [0.717, 1.165) is 59.9 Å². The summed E-state index contributed by atoms with van der Waals surface area (Å²) >= 11 is 0. The van der Waals surface area contributed by atoms with Crippen molar-refractivity contribution in [2.24, 2.45) is 11.5 Å². The molecule has 3 aromatic rings. The van der Waals surface area contributed by atoms with Crippen LogP contribution in [-0.4, -0.2) is 42.2 Å². The van der Waals surface area contributed by atoms with Gasteiger partial charge in [0.05, 0.1) is 36.4 Å². The summed E-state index contributed by atoms with van der Waals surface area (Å²) in [5.74, 6) is -1.74. The fraction of sp³-hybridized carbons (Fsp3) is 0.406. The Balaban J connectivity index is 1.74. The van der Waals surface area contributed by atoms with E-state index in [2.05, 4.69) is 11.9 Å². The van der Waals surface area contributed by atoms with Gasteiger partial charge in [-0.3, -0.25) is 9.59 Å². The lowest BCUT2D eigenvalue weighted by Crippen LogP contribution is -2.46. The van der Waals surface area contributed by atoms with E-state index in [-0.39, 0.29) is 17.6 Å². The molecule has 222 valence electrons. The summed E-state index contributed by atoms with van der Waals surface area (Å²) in [4.78, 5) is 33.6. The van der Waals surface area contributed by atoms with Gasteiger partial charge >= 0.3 is 6.18 Å². The molecule has 7 nitrogen and oxygen atoms in total. The number of halogens is 3. The molecule has 1 amide bonds. The first-order valence-electron chi connectivity index (χ1n) is 14.4. The van der Waals surface area contributed by atoms with Crippen molar-refractivity contribution in [3.63, 3.8) is 0 Å². The number of amides is 1. The average molecular weight is 581 g/mol. The normalized spacial score (nSPS) is 18.0. The number of rotatable bonds is 10. The van der Waals surface area contributed by atoms with Gasteiger partial charge in [0.2, 0.25) is 17.6 Å². The molecule has 2 heterocycles. The summed E-state index contributed by atoms with van der Waals surface area (Å²) in [6.45, 7) is 2.03. The Kier molecular flexibility index (Phi) is 8.54. The zero-order chi connectivity index (χ0) is 30.0. The van der Waals surface area contributed by atoms with Crippen LogP contribution < -0.4 is 21.1 Å². The smallest absolute Gasteiger partial charge is 0.392 e. The Bertz CT molecular complexity index is 1490. The molecule has 4 N–H and O–H groups in total. The molecule has 5 rings (SSSR count). The second-order valence-corrected chi connectivity index (χ2v) is 10.9. The third-order valence-electron chi connectivity index (χ3n) is 8.08. The minimum atomic E-state index is -4.41. The number of piperidine rings is 1. The highest BCUT2D eigenvalue weighted by Gasteiger charge is 2.39. The number of nitrogens with two attached hydrogens (primary N) is 2. The molecule has 42 heavy (non-hydrogen) atoms. The summed E-state index contributed by atoms with van der Waals surface area (Å²) in [5.41, 5.74) is 17.8. The number of primary amides is 1. The molecule has 0 bridgehead atoms. The molecule has 2 aliphatic rings. The third-order valence-corrected chi connectivity index (χ3v) is 8.08. The number of hydrogen-bond donors (Lipinski definition) is 2. The number of carbonyl (C=O) groups is 2. The van der Waals surface area contributed by atoms with Gasteiger partial charge in [0.25, 0.3) is 0 Å². The average Bonchev–Trinajstić information content (AvgIpc) is 3.30. The van der Waals surface area contributed by atoms with Crippen molar-refractivity contribution < 1.29 is 27.5 Å². The maximum absolute atomic E-state index is 14.4. The summed E-state index contributed by atoms with van der Waals surface area (Å²) in [5, 5.41) is 0. The maximum Gasteiger partial charge on any atom is 0.392 e. The van der Waals surface area contributed by atoms with Crippen LogP contribution in [0.4, 0.5) is 18.9 Å². The molecule has 0 spiro atoms. The van der Waals surface area contributed by atoms with Gasteiger partial charge in [0.15, 0.2) is 0 Å². The van der Waals surface area contributed by atoms with Crippen molar-refractivity contribution in [3.05, 3.63) is 76.5 Å². The van der Waals surface area contributed by atoms with Crippen LogP contribution in [-0.2, 0) is 11.2 Å². The molecule has 2 atom stereocenters. The van der Waals surface area contributed by atoms with Gasteiger partial charge in [0, 0.05) is 18.3 Å². The highest BCUT2D eigenvalue weighted by molar-refractivity contribution is 6.15. The Morgan fingerprint density at radius 2 is 1.88 bits per heavy atom. The van der Waals surface area contributed by atoms with Crippen LogP contribution in [0.3, 0.4) is 0 Å². The van der Waals surface area contributed by atoms with Gasteiger partial charge in [-0.1, -0.05) is 37.6 Å². The Labute approximate surface area is 243 Å². The fourth-order valence-corrected chi connectivity index (χ4v) is 6.17. The van der Waals surface area contributed by atoms with E-state index < -0.39 is 36.8 Å². The molecule has 1 aliphatic carbocycles. The molecule has 2 unspecified atom stereocenters. The molecule has 0 radical (unpaired) electrons. The molecule has 1 aliphatic heterocycles. The van der Waals surface area contributed by atoms with Crippen molar-refractivity contribution in [2.45, 2.75) is 70.1 Å². The van der Waals surface area contributed by atoms with E-state index in [4.69, 9.17) is 16.2 Å². The van der Waals surface area contributed by atoms with Crippen molar-refractivity contribution >= 4 is 17.4 Å². The van der Waals surface area contributed by atoms with Crippen molar-refractivity contribution in [2.75, 3.05) is 18.1 Å². The minimum absolute atomic E-state index is 0.0608. The van der Waals surface area contributed by atoms with Crippen molar-refractivity contribution in [1.29, 1.82) is 0 Å². The molecule has 1 saturated heterocycles. The van der Waals surface area contributed by atoms with E-state index in [1.54, 1.807) is 12.1 Å². The van der Waals surface area contributed by atoms with Crippen LogP contribution in [0.1, 0.15) is 84.0 Å². The second-order valence-electron chi connectivity index (χ2n) is 10.9. The van der Waals surface area contributed by atoms with E-state index >= 15 is 0 Å². The summed E-state index contributed by atoms with van der Waals surface area (Å²) in [6.07, 6.45) is 0.294. The van der Waals surface area contributed by atoms with Crippen LogP contribution in [0.2, 0.25) is 0 Å². The molecule has 2 aromatic carbocycles. The van der Waals surface area contributed by atoms with E-state index in [1.165, 1.54) is 12.3 Å². The largest absolute Gasteiger partial charge is 0.477 e. The number of ketones is 1. The monoisotopic (exact) mass is 580 g/mol. The van der Waals surface area contributed by atoms with Gasteiger partial charge in [-0.2, -0.15) is 13.2 Å². The molecule has 1 fully saturated rings. The van der Waals surface area contributed by atoms with Crippen LogP contribution in [0.15, 0.2) is 48.7 Å². The number of ether oxygens (including phenoxy) is 1. The van der Waals surface area contributed by atoms with Crippen molar-refractivity contribution in [1.82, 2.24) is 4.98 Å². The van der Waals surface area contributed by atoms with Gasteiger partial charge in [-0.15, -0.1) is 0 Å². The first kappa shape index (κ1) is 29.6. The van der Waals surface area contributed by atoms with Crippen LogP contribution in [0, 0.1) is 0 Å². The van der Waals surface area contributed by atoms with E-state index in [1.807, 2.05) is 29.2 Å². The summed E-state index contributed by atoms with van der Waals surface area (Å²) in [6, 6.07) is 12.4. The van der Waals surface area contributed by atoms with E-state index in [0.29, 0.717) is 24.2 Å². The molecule has 10 heteroatoms. The SMILES string of the molecule is CCCCc1c2c(cc(C(=O)c3cccnc3OCCC(F)(F)F)c1N1CCCCC1N)-c1ccccc1C2C(N)=O. The Morgan fingerprint density at radius 1 is 1.10 bits per heavy atom. The molecular formula is C32H35F3N4O3. The summed E-state index contributed by atoms with van der Waals surface area (Å²) in [7, 11) is 0. The Hall–Kier alpha value is -3.92. The predicted molar refractivity (Wildman–Crippen MR) is 155 cm³/mol. The number of pyridine rings is 1. The van der Waals surface area contributed by atoms with Crippen LogP contribution >= 0.6 is 0 Å². The van der Waals surface area contributed by atoms with Crippen molar-refractivity contribution in [3.8, 4) is 17.0 Å². The standard InChI is InChI=1S/C32H35F3N4O3/c1-2-3-9-21-26-23(19-10-4-5-11-20(19)27(26)30(37)41)18-24(28(21)39-16-7-6-13-25(39)36)29(40)22-12-8-15-38-31(22)42-17-14-32(33,34)35/h4-5,8,10-12,15,18,25,27H,2-3,6-7,9,13-14,16-17,36H2,1H3,(H2,37,41). The number of fused-ring (bicyclic) bond motifs is 3.